The van der Waals surface area contributed by atoms with Gasteiger partial charge in [-0.25, -0.2) is 0 Å². The molecule has 0 aliphatic carbocycles. The first-order valence-corrected chi connectivity index (χ1v) is 4.32. The monoisotopic (exact) mass is 181 g/mol. The molecule has 4 nitrogen and oxygen atoms in total. The first-order valence-electron chi connectivity index (χ1n) is 4.32. The largest absolute Gasteiger partial charge is 0.354 e. The number of nitrogens with one attached hydrogen (secondary N) is 1. The molecule has 0 atom stereocenters. The number of amides is 1. The van der Waals surface area contributed by atoms with Crippen molar-refractivity contribution in [3.63, 3.8) is 0 Å². The average Bonchev–Trinajstić information content (AvgIpc) is 2.46. The number of nitrogens with zero attached hydrogens (tertiary/aromatic N) is 2. The van der Waals surface area contributed by atoms with E-state index >= 15 is 0 Å². The fourth-order valence-corrected chi connectivity index (χ4v) is 1.26. The number of carbonyl (C=O) groups excluding carboxylic acids is 1. The Morgan fingerprint density at radius 3 is 2.62 bits per heavy atom. The van der Waals surface area contributed by atoms with Gasteiger partial charge in [0.25, 0.3) is 5.91 Å². The minimum Gasteiger partial charge on any atom is -0.354 e. The molecule has 0 aliphatic heterocycles. The summed E-state index contributed by atoms with van der Waals surface area (Å²) in [6.07, 6.45) is 0. The van der Waals surface area contributed by atoms with E-state index in [0.29, 0.717) is 11.6 Å². The SMILES string of the molecule is CNC(=O)c1cc(C(C)C)n(C)n1. The lowest BCUT2D eigenvalue weighted by Gasteiger charge is -2.02. The van der Waals surface area contributed by atoms with Gasteiger partial charge in [0.2, 0.25) is 0 Å². The van der Waals surface area contributed by atoms with Crippen LogP contribution in [0.4, 0.5) is 0 Å². The third-order valence-corrected chi connectivity index (χ3v) is 1.97. The van der Waals surface area contributed by atoms with Crippen LogP contribution in [0.1, 0.15) is 35.9 Å². The summed E-state index contributed by atoms with van der Waals surface area (Å²) in [6.45, 7) is 4.15. The molecule has 0 fully saturated rings. The molecule has 1 rings (SSSR count). The van der Waals surface area contributed by atoms with Crippen LogP contribution >= 0.6 is 0 Å². The van der Waals surface area contributed by atoms with Crippen molar-refractivity contribution in [1.29, 1.82) is 0 Å². The van der Waals surface area contributed by atoms with Crippen LogP contribution < -0.4 is 5.32 Å². The Labute approximate surface area is 77.9 Å². The number of aromatic nitrogens is 2. The van der Waals surface area contributed by atoms with Crippen LogP contribution in [0.3, 0.4) is 0 Å². The van der Waals surface area contributed by atoms with Crippen molar-refractivity contribution < 1.29 is 4.79 Å². The van der Waals surface area contributed by atoms with Crippen LogP contribution in [0.15, 0.2) is 6.07 Å². The molecule has 4 heteroatoms. The summed E-state index contributed by atoms with van der Waals surface area (Å²) in [5, 5.41) is 6.65. The Hall–Kier alpha value is -1.32. The maximum atomic E-state index is 11.2. The van der Waals surface area contributed by atoms with Crippen LogP contribution in [0.25, 0.3) is 0 Å². The van der Waals surface area contributed by atoms with Crippen molar-refractivity contribution in [2.24, 2.45) is 7.05 Å². The van der Waals surface area contributed by atoms with E-state index in [1.807, 2.05) is 13.1 Å². The number of rotatable bonds is 2. The maximum absolute atomic E-state index is 11.2. The highest BCUT2D eigenvalue weighted by atomic mass is 16.1. The Bertz CT molecular complexity index is 315. The van der Waals surface area contributed by atoms with Crippen molar-refractivity contribution >= 4 is 5.91 Å². The molecule has 1 heterocycles. The number of aryl methyl sites for hydroxylation is 1. The molecule has 0 radical (unpaired) electrons. The molecule has 0 aromatic carbocycles. The molecule has 0 unspecified atom stereocenters. The van der Waals surface area contributed by atoms with Gasteiger partial charge in [-0.3, -0.25) is 9.48 Å². The van der Waals surface area contributed by atoms with Gasteiger partial charge < -0.3 is 5.32 Å². The van der Waals surface area contributed by atoms with Crippen molar-refractivity contribution in [3.8, 4) is 0 Å². The molecule has 0 aliphatic rings. The topological polar surface area (TPSA) is 46.9 Å². The Balaban J connectivity index is 3.02. The average molecular weight is 181 g/mol. The quantitative estimate of drug-likeness (QED) is 0.737. The van der Waals surface area contributed by atoms with Gasteiger partial charge in [0.15, 0.2) is 0 Å². The second kappa shape index (κ2) is 3.60. The molecular formula is C9H15N3O. The van der Waals surface area contributed by atoms with Crippen LogP contribution in [0.2, 0.25) is 0 Å². The summed E-state index contributed by atoms with van der Waals surface area (Å²) in [5.74, 6) is 0.249. The van der Waals surface area contributed by atoms with E-state index in [9.17, 15) is 4.79 Å². The third kappa shape index (κ3) is 1.88. The maximum Gasteiger partial charge on any atom is 0.271 e. The van der Waals surface area contributed by atoms with E-state index in [0.717, 1.165) is 5.69 Å². The standard InChI is InChI=1S/C9H15N3O/c1-6(2)8-5-7(9(13)10-3)11-12(8)4/h5-6H,1-4H3,(H,10,13). The van der Waals surface area contributed by atoms with Crippen molar-refractivity contribution in [2.45, 2.75) is 19.8 Å². The van der Waals surface area contributed by atoms with Crippen LogP contribution in [0.5, 0.6) is 0 Å². The lowest BCUT2D eigenvalue weighted by molar-refractivity contribution is 0.0957. The summed E-state index contributed by atoms with van der Waals surface area (Å²) in [7, 11) is 3.45. The Morgan fingerprint density at radius 2 is 2.23 bits per heavy atom. The summed E-state index contributed by atoms with van der Waals surface area (Å²) in [5.41, 5.74) is 1.55. The zero-order valence-electron chi connectivity index (χ0n) is 8.46. The van der Waals surface area contributed by atoms with Crippen molar-refractivity contribution in [3.05, 3.63) is 17.5 Å². The van der Waals surface area contributed by atoms with Crippen molar-refractivity contribution in [2.75, 3.05) is 7.05 Å². The van der Waals surface area contributed by atoms with Crippen molar-refractivity contribution in [1.82, 2.24) is 15.1 Å². The molecule has 1 aromatic heterocycles. The predicted octanol–water partition coefficient (Wildman–Crippen LogP) is 0.903. The summed E-state index contributed by atoms with van der Waals surface area (Å²) in [4.78, 5) is 11.2. The highest BCUT2D eigenvalue weighted by Gasteiger charge is 2.12. The molecule has 0 spiro atoms. The normalized spacial score (nSPS) is 10.5. The second-order valence-corrected chi connectivity index (χ2v) is 3.31. The zero-order chi connectivity index (χ0) is 10.0. The van der Waals surface area contributed by atoms with Gasteiger partial charge >= 0.3 is 0 Å². The first kappa shape index (κ1) is 9.77. The number of hydrogen-bond donors (Lipinski definition) is 1. The smallest absolute Gasteiger partial charge is 0.271 e. The zero-order valence-corrected chi connectivity index (χ0v) is 8.46. The predicted molar refractivity (Wildman–Crippen MR) is 50.7 cm³/mol. The molecule has 0 saturated heterocycles. The molecule has 72 valence electrons. The van der Waals surface area contributed by atoms with Crippen LogP contribution in [0, 0.1) is 0 Å². The van der Waals surface area contributed by atoms with Gasteiger partial charge in [-0.15, -0.1) is 0 Å². The molecular weight excluding hydrogens is 166 g/mol. The first-order chi connectivity index (χ1) is 6.06. The highest BCUT2D eigenvalue weighted by molar-refractivity contribution is 5.92. The lowest BCUT2D eigenvalue weighted by atomic mass is 10.1. The Kier molecular flexibility index (Phi) is 2.70. The minimum absolute atomic E-state index is 0.137. The van der Waals surface area contributed by atoms with Crippen LogP contribution in [-0.2, 0) is 7.05 Å². The van der Waals surface area contributed by atoms with E-state index in [1.54, 1.807) is 11.7 Å². The van der Waals surface area contributed by atoms with Gasteiger partial charge in [-0.2, -0.15) is 5.10 Å². The van der Waals surface area contributed by atoms with Gasteiger partial charge in [-0.05, 0) is 12.0 Å². The minimum atomic E-state index is -0.137. The van der Waals surface area contributed by atoms with E-state index in [1.165, 1.54) is 0 Å². The van der Waals surface area contributed by atoms with Gasteiger partial charge in [0.05, 0.1) is 0 Å². The number of carbonyl (C=O) groups is 1. The van der Waals surface area contributed by atoms with E-state index in [2.05, 4.69) is 24.3 Å². The summed E-state index contributed by atoms with van der Waals surface area (Å²) >= 11 is 0. The molecule has 0 saturated carbocycles. The van der Waals surface area contributed by atoms with Gasteiger partial charge in [0.1, 0.15) is 5.69 Å². The number of hydrogen-bond acceptors (Lipinski definition) is 2. The van der Waals surface area contributed by atoms with Gasteiger partial charge in [-0.1, -0.05) is 13.8 Å². The second-order valence-electron chi connectivity index (χ2n) is 3.31. The van der Waals surface area contributed by atoms with Crippen LogP contribution in [-0.4, -0.2) is 22.7 Å². The third-order valence-electron chi connectivity index (χ3n) is 1.97. The molecule has 0 bridgehead atoms. The summed E-state index contributed by atoms with van der Waals surface area (Å²) < 4.78 is 1.75. The highest BCUT2D eigenvalue weighted by Crippen LogP contribution is 2.14. The Morgan fingerprint density at radius 1 is 1.62 bits per heavy atom. The van der Waals surface area contributed by atoms with E-state index in [4.69, 9.17) is 0 Å². The summed E-state index contributed by atoms with van der Waals surface area (Å²) in [6, 6.07) is 1.82. The lowest BCUT2D eigenvalue weighted by Crippen LogP contribution is -2.18. The van der Waals surface area contributed by atoms with E-state index in [-0.39, 0.29) is 5.91 Å². The van der Waals surface area contributed by atoms with E-state index < -0.39 is 0 Å². The fraction of sp³-hybridized carbons (Fsp3) is 0.556. The molecule has 1 amide bonds. The fourth-order valence-electron chi connectivity index (χ4n) is 1.26. The molecule has 1 N–H and O–H groups in total. The van der Waals surface area contributed by atoms with Gasteiger partial charge in [0, 0.05) is 19.8 Å². The molecule has 1 aromatic rings. The molecule has 13 heavy (non-hydrogen) atoms.